The summed E-state index contributed by atoms with van der Waals surface area (Å²) < 4.78 is 0. The second-order valence-corrected chi connectivity index (χ2v) is 5.08. The van der Waals surface area contributed by atoms with E-state index in [2.05, 4.69) is 5.32 Å². The fourth-order valence-electron chi connectivity index (χ4n) is 1.70. The lowest BCUT2D eigenvalue weighted by Gasteiger charge is -2.20. The highest BCUT2D eigenvalue weighted by Gasteiger charge is 2.13. The zero-order valence-electron chi connectivity index (χ0n) is 12.7. The average molecular weight is 293 g/mol. The zero-order chi connectivity index (χ0) is 15.8. The lowest BCUT2D eigenvalue weighted by Crippen LogP contribution is -2.43. The number of rotatable bonds is 6. The normalized spacial score (nSPS) is 11.6. The quantitative estimate of drug-likeness (QED) is 0.816. The Balaban J connectivity index is 2.34. The fourth-order valence-corrected chi connectivity index (χ4v) is 1.70. The fraction of sp³-hybridized carbons (Fsp3) is 0.467. The predicted molar refractivity (Wildman–Crippen MR) is 80.7 cm³/mol. The van der Waals surface area contributed by atoms with E-state index in [-0.39, 0.29) is 18.5 Å². The molecule has 1 atom stereocenters. The molecule has 0 radical (unpaired) electrons. The molecule has 0 heterocycles. The van der Waals surface area contributed by atoms with Gasteiger partial charge in [-0.1, -0.05) is 30.3 Å². The summed E-state index contributed by atoms with van der Waals surface area (Å²) in [7, 11) is 4.90. The number of amides is 3. The minimum absolute atomic E-state index is 0.0303. The lowest BCUT2D eigenvalue weighted by molar-refractivity contribution is -0.127. The van der Waals surface area contributed by atoms with Crippen LogP contribution in [0.4, 0.5) is 4.79 Å². The van der Waals surface area contributed by atoms with Gasteiger partial charge in [0.2, 0.25) is 5.91 Å². The van der Waals surface area contributed by atoms with Gasteiger partial charge in [-0.15, -0.1) is 0 Å². The first-order valence-electron chi connectivity index (χ1n) is 6.84. The van der Waals surface area contributed by atoms with Gasteiger partial charge in [0.25, 0.3) is 0 Å². The first kappa shape index (κ1) is 17.0. The molecule has 2 N–H and O–H groups in total. The molecule has 6 nitrogen and oxygen atoms in total. The molecule has 0 saturated heterocycles. The van der Waals surface area contributed by atoms with Crippen molar-refractivity contribution < 1.29 is 14.7 Å². The highest BCUT2D eigenvalue weighted by molar-refractivity contribution is 5.83. The van der Waals surface area contributed by atoms with E-state index in [0.717, 1.165) is 5.56 Å². The van der Waals surface area contributed by atoms with E-state index >= 15 is 0 Å². The van der Waals surface area contributed by atoms with E-state index < -0.39 is 6.10 Å². The van der Waals surface area contributed by atoms with Crippen LogP contribution in [-0.4, -0.2) is 61.1 Å². The van der Waals surface area contributed by atoms with Crippen molar-refractivity contribution in [3.8, 4) is 0 Å². The van der Waals surface area contributed by atoms with Crippen LogP contribution in [0.25, 0.3) is 0 Å². The average Bonchev–Trinajstić information content (AvgIpc) is 2.50. The first-order valence-corrected chi connectivity index (χ1v) is 6.84. The standard InChI is InChI=1S/C15H23N3O3/c1-17(2)14(20)11-16-15(21)18(3)10-9-13(19)12-7-5-4-6-8-12/h4-8,13,19H,9-11H2,1-3H3,(H,16,21)/t13-/m0/s1. The van der Waals surface area contributed by atoms with E-state index in [4.69, 9.17) is 0 Å². The van der Waals surface area contributed by atoms with Crippen LogP contribution in [0, 0.1) is 0 Å². The minimum atomic E-state index is -0.607. The summed E-state index contributed by atoms with van der Waals surface area (Å²) >= 11 is 0. The third-order valence-electron chi connectivity index (χ3n) is 3.16. The highest BCUT2D eigenvalue weighted by atomic mass is 16.3. The molecule has 6 heteroatoms. The van der Waals surface area contributed by atoms with Crippen molar-refractivity contribution in [1.82, 2.24) is 15.1 Å². The molecule has 0 bridgehead atoms. The molecular weight excluding hydrogens is 270 g/mol. The van der Waals surface area contributed by atoms with Crippen LogP contribution >= 0.6 is 0 Å². The maximum atomic E-state index is 11.8. The summed E-state index contributed by atoms with van der Waals surface area (Å²) in [5.41, 5.74) is 0.828. The first-order chi connectivity index (χ1) is 9.91. The van der Waals surface area contributed by atoms with Gasteiger partial charge >= 0.3 is 6.03 Å². The van der Waals surface area contributed by atoms with Crippen molar-refractivity contribution in [2.24, 2.45) is 0 Å². The summed E-state index contributed by atoms with van der Waals surface area (Å²) in [6.07, 6.45) is -0.167. The Morgan fingerprint density at radius 3 is 2.38 bits per heavy atom. The summed E-state index contributed by atoms with van der Waals surface area (Å²) in [5.74, 6) is -0.166. The Bertz CT molecular complexity index is 462. The van der Waals surface area contributed by atoms with Crippen molar-refractivity contribution in [2.75, 3.05) is 34.2 Å². The maximum Gasteiger partial charge on any atom is 0.317 e. The number of carbonyl (C=O) groups is 2. The number of urea groups is 1. The summed E-state index contributed by atoms with van der Waals surface area (Å²) in [6.45, 7) is 0.370. The van der Waals surface area contributed by atoms with E-state index in [1.165, 1.54) is 9.80 Å². The molecule has 1 rings (SSSR count). The number of hydrogen-bond donors (Lipinski definition) is 2. The second-order valence-electron chi connectivity index (χ2n) is 5.08. The molecule has 1 aromatic rings. The van der Waals surface area contributed by atoms with Crippen LogP contribution < -0.4 is 5.32 Å². The molecule has 0 saturated carbocycles. The third-order valence-corrected chi connectivity index (χ3v) is 3.16. The number of hydrogen-bond acceptors (Lipinski definition) is 3. The second kappa shape index (κ2) is 8.26. The summed E-state index contributed by atoms with van der Waals surface area (Å²) in [4.78, 5) is 26.0. The van der Waals surface area contributed by atoms with Gasteiger partial charge in [-0.2, -0.15) is 0 Å². The molecule has 21 heavy (non-hydrogen) atoms. The van der Waals surface area contributed by atoms with Crippen molar-refractivity contribution >= 4 is 11.9 Å². The predicted octanol–water partition coefficient (Wildman–Crippen LogP) is 0.840. The van der Waals surface area contributed by atoms with E-state index in [1.807, 2.05) is 30.3 Å². The molecular formula is C15H23N3O3. The third kappa shape index (κ3) is 5.83. The molecule has 0 aliphatic rings. The summed E-state index contributed by atoms with van der Waals surface area (Å²) in [6, 6.07) is 8.98. The van der Waals surface area contributed by atoms with Crippen LogP contribution in [0.2, 0.25) is 0 Å². The number of nitrogens with one attached hydrogen (secondary N) is 1. The molecule has 0 aromatic heterocycles. The molecule has 1 aromatic carbocycles. The maximum absolute atomic E-state index is 11.8. The Morgan fingerprint density at radius 2 is 1.81 bits per heavy atom. The zero-order valence-corrected chi connectivity index (χ0v) is 12.7. The Morgan fingerprint density at radius 1 is 1.19 bits per heavy atom. The lowest BCUT2D eigenvalue weighted by atomic mass is 10.1. The number of benzene rings is 1. The van der Waals surface area contributed by atoms with E-state index in [0.29, 0.717) is 13.0 Å². The minimum Gasteiger partial charge on any atom is -0.388 e. The van der Waals surface area contributed by atoms with Crippen LogP contribution in [0.3, 0.4) is 0 Å². The van der Waals surface area contributed by atoms with Gasteiger partial charge < -0.3 is 20.2 Å². The van der Waals surface area contributed by atoms with Crippen LogP contribution in [0.5, 0.6) is 0 Å². The number of likely N-dealkylation sites (N-methyl/N-ethyl adjacent to an activating group) is 1. The van der Waals surface area contributed by atoms with Crippen molar-refractivity contribution in [3.63, 3.8) is 0 Å². The van der Waals surface area contributed by atoms with Gasteiger partial charge in [0.05, 0.1) is 12.6 Å². The van der Waals surface area contributed by atoms with Crippen LogP contribution in [0.15, 0.2) is 30.3 Å². The van der Waals surface area contributed by atoms with E-state index in [9.17, 15) is 14.7 Å². The molecule has 0 unspecified atom stereocenters. The van der Waals surface area contributed by atoms with Gasteiger partial charge in [-0.3, -0.25) is 4.79 Å². The molecule has 3 amide bonds. The summed E-state index contributed by atoms with van der Waals surface area (Å²) in [5, 5.41) is 12.6. The van der Waals surface area contributed by atoms with Gasteiger partial charge in [0, 0.05) is 27.7 Å². The largest absolute Gasteiger partial charge is 0.388 e. The number of carbonyl (C=O) groups excluding carboxylic acids is 2. The van der Waals surface area contributed by atoms with E-state index in [1.54, 1.807) is 21.1 Å². The number of aliphatic hydroxyl groups is 1. The van der Waals surface area contributed by atoms with Gasteiger partial charge in [-0.05, 0) is 12.0 Å². The molecule has 0 spiro atoms. The Hall–Kier alpha value is -2.08. The Kier molecular flexibility index (Phi) is 6.68. The smallest absolute Gasteiger partial charge is 0.317 e. The van der Waals surface area contributed by atoms with Crippen molar-refractivity contribution in [1.29, 1.82) is 0 Å². The van der Waals surface area contributed by atoms with Crippen LogP contribution in [0.1, 0.15) is 18.1 Å². The molecule has 116 valence electrons. The highest BCUT2D eigenvalue weighted by Crippen LogP contribution is 2.15. The molecule has 0 fully saturated rings. The molecule has 0 aliphatic heterocycles. The van der Waals surface area contributed by atoms with Crippen LogP contribution in [-0.2, 0) is 4.79 Å². The van der Waals surface area contributed by atoms with Gasteiger partial charge in [-0.25, -0.2) is 4.79 Å². The number of aliphatic hydroxyl groups excluding tert-OH is 1. The van der Waals surface area contributed by atoms with Gasteiger partial charge in [0.1, 0.15) is 0 Å². The number of nitrogens with zero attached hydrogens (tertiary/aromatic N) is 2. The molecule has 0 aliphatic carbocycles. The SMILES string of the molecule is CN(C)C(=O)CNC(=O)N(C)CC[C@H](O)c1ccccc1. The monoisotopic (exact) mass is 293 g/mol. The van der Waals surface area contributed by atoms with Crippen molar-refractivity contribution in [3.05, 3.63) is 35.9 Å². The Labute approximate surface area is 125 Å². The van der Waals surface area contributed by atoms with Crippen molar-refractivity contribution in [2.45, 2.75) is 12.5 Å². The van der Waals surface area contributed by atoms with Gasteiger partial charge in [0.15, 0.2) is 0 Å². The topological polar surface area (TPSA) is 72.9 Å².